The quantitative estimate of drug-likeness (QED) is 0.770. The zero-order chi connectivity index (χ0) is 16.7. The highest BCUT2D eigenvalue weighted by molar-refractivity contribution is 6.04. The van der Waals surface area contributed by atoms with Crippen LogP contribution in [-0.2, 0) is 4.79 Å². The van der Waals surface area contributed by atoms with E-state index in [0.29, 0.717) is 17.9 Å². The van der Waals surface area contributed by atoms with Crippen molar-refractivity contribution in [2.75, 3.05) is 23.8 Å². The number of carbonyl (C=O) groups excluding carboxylic acids is 2. The number of ketones is 1. The van der Waals surface area contributed by atoms with Crippen LogP contribution >= 0.6 is 0 Å². The van der Waals surface area contributed by atoms with Crippen molar-refractivity contribution < 1.29 is 14.3 Å². The van der Waals surface area contributed by atoms with Crippen molar-refractivity contribution >= 4 is 23.1 Å². The van der Waals surface area contributed by atoms with Gasteiger partial charge < -0.3 is 15.4 Å². The fourth-order valence-electron chi connectivity index (χ4n) is 2.11. The normalized spacial score (nSPS) is 10.0. The highest BCUT2D eigenvalue weighted by Crippen LogP contribution is 2.17. The second-order valence-electron chi connectivity index (χ2n) is 4.96. The molecule has 2 rings (SSSR count). The first-order valence-electron chi connectivity index (χ1n) is 7.46. The van der Waals surface area contributed by atoms with Gasteiger partial charge in [0.25, 0.3) is 0 Å². The predicted molar refractivity (Wildman–Crippen MR) is 91.2 cm³/mol. The molecule has 0 fully saturated rings. The third kappa shape index (κ3) is 4.85. The molecule has 2 aromatic rings. The summed E-state index contributed by atoms with van der Waals surface area (Å²) in [5.41, 5.74) is 1.85. The van der Waals surface area contributed by atoms with E-state index in [2.05, 4.69) is 10.6 Å². The third-order valence-corrected chi connectivity index (χ3v) is 3.20. The topological polar surface area (TPSA) is 67.4 Å². The van der Waals surface area contributed by atoms with Crippen LogP contribution in [-0.4, -0.2) is 24.8 Å². The lowest BCUT2D eigenvalue weighted by Crippen LogP contribution is -2.22. The Morgan fingerprint density at radius 2 is 1.74 bits per heavy atom. The minimum atomic E-state index is -0.215. The molecule has 5 heteroatoms. The molecule has 0 bridgehead atoms. The van der Waals surface area contributed by atoms with Crippen molar-refractivity contribution in [3.05, 3.63) is 54.1 Å². The van der Waals surface area contributed by atoms with Gasteiger partial charge in [-0.3, -0.25) is 9.59 Å². The minimum absolute atomic E-state index is 0.0830. The number of hydrogen-bond donors (Lipinski definition) is 2. The molecule has 1 amide bonds. The van der Waals surface area contributed by atoms with Gasteiger partial charge in [-0.2, -0.15) is 0 Å². The second-order valence-corrected chi connectivity index (χ2v) is 4.96. The van der Waals surface area contributed by atoms with Crippen LogP contribution in [0.3, 0.4) is 0 Å². The summed E-state index contributed by atoms with van der Waals surface area (Å²) in [6.45, 7) is 4.13. The van der Waals surface area contributed by atoms with E-state index in [0.717, 1.165) is 11.4 Å². The third-order valence-electron chi connectivity index (χ3n) is 3.20. The molecule has 2 N–H and O–H groups in total. The van der Waals surface area contributed by atoms with Crippen molar-refractivity contribution in [1.29, 1.82) is 0 Å². The molecule has 2 aromatic carbocycles. The van der Waals surface area contributed by atoms with Crippen molar-refractivity contribution in [1.82, 2.24) is 0 Å². The van der Waals surface area contributed by atoms with Gasteiger partial charge in [0.2, 0.25) is 5.91 Å². The molecule has 0 saturated heterocycles. The Hall–Kier alpha value is -2.82. The number of Topliss-reactive ketones (excluding diaryl/α,β-unsaturated/α-hetero) is 1. The van der Waals surface area contributed by atoms with E-state index in [1.54, 1.807) is 24.3 Å². The van der Waals surface area contributed by atoms with E-state index in [-0.39, 0.29) is 18.2 Å². The first kappa shape index (κ1) is 16.5. The first-order valence-corrected chi connectivity index (χ1v) is 7.46. The maximum atomic E-state index is 12.0. The molecule has 0 radical (unpaired) electrons. The molecule has 5 nitrogen and oxygen atoms in total. The second kappa shape index (κ2) is 7.98. The molecule has 120 valence electrons. The molecule has 0 saturated carbocycles. The lowest BCUT2D eigenvalue weighted by atomic mass is 10.1. The molecular formula is C18H20N2O3. The number of para-hydroxylation sites is 1. The zero-order valence-electron chi connectivity index (χ0n) is 13.3. The fourth-order valence-corrected chi connectivity index (χ4v) is 2.11. The van der Waals surface area contributed by atoms with E-state index in [9.17, 15) is 9.59 Å². The van der Waals surface area contributed by atoms with E-state index in [1.807, 2.05) is 31.2 Å². The number of anilines is 2. The summed E-state index contributed by atoms with van der Waals surface area (Å²) in [4.78, 5) is 23.6. The van der Waals surface area contributed by atoms with Gasteiger partial charge in [0.05, 0.1) is 18.8 Å². The van der Waals surface area contributed by atoms with Gasteiger partial charge in [-0.15, -0.1) is 0 Å². The molecule has 0 aromatic heterocycles. The van der Waals surface area contributed by atoms with E-state index in [1.165, 1.54) is 6.92 Å². The smallest absolute Gasteiger partial charge is 0.243 e. The number of amides is 1. The van der Waals surface area contributed by atoms with Crippen LogP contribution in [0.4, 0.5) is 11.4 Å². The fraction of sp³-hybridized carbons (Fsp3) is 0.222. The molecule has 0 spiro atoms. The summed E-state index contributed by atoms with van der Waals surface area (Å²) in [6, 6.07) is 14.3. The van der Waals surface area contributed by atoms with Crippen LogP contribution in [0.5, 0.6) is 5.75 Å². The summed E-state index contributed by atoms with van der Waals surface area (Å²) < 4.78 is 5.36. The Kier molecular flexibility index (Phi) is 5.74. The Morgan fingerprint density at radius 1 is 1.04 bits per heavy atom. The van der Waals surface area contributed by atoms with E-state index < -0.39 is 0 Å². The molecule has 0 aliphatic carbocycles. The summed E-state index contributed by atoms with van der Waals surface area (Å²) in [6.07, 6.45) is 0. The number of ether oxygens (including phenoxy) is 1. The Morgan fingerprint density at radius 3 is 2.39 bits per heavy atom. The Labute approximate surface area is 135 Å². The predicted octanol–water partition coefficient (Wildman–Crippen LogP) is 3.34. The summed E-state index contributed by atoms with van der Waals surface area (Å²) in [7, 11) is 0. The summed E-state index contributed by atoms with van der Waals surface area (Å²) >= 11 is 0. The monoisotopic (exact) mass is 312 g/mol. The van der Waals surface area contributed by atoms with E-state index in [4.69, 9.17) is 4.74 Å². The highest BCUT2D eigenvalue weighted by atomic mass is 16.5. The van der Waals surface area contributed by atoms with Crippen LogP contribution in [0.25, 0.3) is 0 Å². The number of rotatable bonds is 7. The Balaban J connectivity index is 1.91. The maximum Gasteiger partial charge on any atom is 0.243 e. The number of hydrogen-bond acceptors (Lipinski definition) is 4. The van der Waals surface area contributed by atoms with Crippen molar-refractivity contribution in [2.24, 2.45) is 0 Å². The van der Waals surface area contributed by atoms with Crippen LogP contribution in [0.15, 0.2) is 48.5 Å². The number of nitrogens with one attached hydrogen (secondary N) is 2. The SMILES string of the molecule is CCOc1ccc(NCC(=O)Nc2ccccc2C(C)=O)cc1. The molecular weight excluding hydrogens is 292 g/mol. The van der Waals surface area contributed by atoms with Gasteiger partial charge >= 0.3 is 0 Å². The Bertz CT molecular complexity index is 681. The number of carbonyl (C=O) groups is 2. The van der Waals surface area contributed by atoms with Gasteiger partial charge in [0, 0.05) is 11.3 Å². The lowest BCUT2D eigenvalue weighted by molar-refractivity contribution is -0.114. The molecule has 0 unspecified atom stereocenters. The van der Waals surface area contributed by atoms with Gasteiger partial charge in [-0.1, -0.05) is 12.1 Å². The van der Waals surface area contributed by atoms with Gasteiger partial charge in [-0.25, -0.2) is 0 Å². The summed E-state index contributed by atoms with van der Waals surface area (Å²) in [5, 5.41) is 5.78. The summed E-state index contributed by atoms with van der Waals surface area (Å²) in [5.74, 6) is 0.492. The standard InChI is InChI=1S/C18H20N2O3/c1-3-23-15-10-8-14(9-11-15)19-12-18(22)20-17-7-5-4-6-16(17)13(2)21/h4-11,19H,3,12H2,1-2H3,(H,20,22). The lowest BCUT2D eigenvalue weighted by Gasteiger charge is -2.11. The number of benzene rings is 2. The van der Waals surface area contributed by atoms with Crippen LogP contribution in [0, 0.1) is 0 Å². The molecule has 0 aliphatic heterocycles. The minimum Gasteiger partial charge on any atom is -0.494 e. The van der Waals surface area contributed by atoms with E-state index >= 15 is 0 Å². The highest BCUT2D eigenvalue weighted by Gasteiger charge is 2.09. The van der Waals surface area contributed by atoms with Crippen molar-refractivity contribution in [3.63, 3.8) is 0 Å². The molecule has 23 heavy (non-hydrogen) atoms. The van der Waals surface area contributed by atoms with Crippen molar-refractivity contribution in [3.8, 4) is 5.75 Å². The van der Waals surface area contributed by atoms with Crippen LogP contribution in [0.2, 0.25) is 0 Å². The first-order chi connectivity index (χ1) is 11.1. The molecule has 0 heterocycles. The average molecular weight is 312 g/mol. The van der Waals surface area contributed by atoms with Gasteiger partial charge in [0.1, 0.15) is 5.75 Å². The van der Waals surface area contributed by atoms with Crippen molar-refractivity contribution in [2.45, 2.75) is 13.8 Å². The molecule has 0 aliphatic rings. The largest absolute Gasteiger partial charge is 0.494 e. The van der Waals surface area contributed by atoms with Gasteiger partial charge in [0.15, 0.2) is 5.78 Å². The average Bonchev–Trinajstić information content (AvgIpc) is 2.55. The van der Waals surface area contributed by atoms with Crippen LogP contribution < -0.4 is 15.4 Å². The van der Waals surface area contributed by atoms with Gasteiger partial charge in [-0.05, 0) is 50.2 Å². The molecule has 0 atom stereocenters. The van der Waals surface area contributed by atoms with Crippen LogP contribution in [0.1, 0.15) is 24.2 Å². The zero-order valence-corrected chi connectivity index (χ0v) is 13.3. The maximum absolute atomic E-state index is 12.0.